The van der Waals surface area contributed by atoms with Crippen molar-refractivity contribution in [1.29, 1.82) is 0 Å². The molecule has 2 atom stereocenters. The molecule has 17 heavy (non-hydrogen) atoms. The van der Waals surface area contributed by atoms with Crippen LogP contribution < -0.4 is 5.32 Å². The predicted molar refractivity (Wildman–Crippen MR) is 62.0 cm³/mol. The van der Waals surface area contributed by atoms with Gasteiger partial charge in [0, 0.05) is 12.2 Å². The Morgan fingerprint density at radius 2 is 2.24 bits per heavy atom. The molecule has 92 valence electrons. The summed E-state index contributed by atoms with van der Waals surface area (Å²) in [5, 5.41) is 12.1. The summed E-state index contributed by atoms with van der Waals surface area (Å²) in [6.07, 6.45) is 3.35. The molecule has 1 aromatic heterocycles. The second kappa shape index (κ2) is 4.79. The fourth-order valence-corrected chi connectivity index (χ4v) is 2.26. The van der Waals surface area contributed by atoms with Gasteiger partial charge in [0.05, 0.1) is 10.9 Å². The van der Waals surface area contributed by atoms with Crippen molar-refractivity contribution >= 4 is 23.5 Å². The molecule has 1 fully saturated rings. The van der Waals surface area contributed by atoms with E-state index in [9.17, 15) is 9.59 Å². The molecule has 0 spiro atoms. The van der Waals surface area contributed by atoms with Crippen LogP contribution in [-0.4, -0.2) is 28.0 Å². The van der Waals surface area contributed by atoms with Crippen LogP contribution in [-0.2, 0) is 4.79 Å². The van der Waals surface area contributed by atoms with Crippen molar-refractivity contribution in [2.75, 3.05) is 0 Å². The molecule has 3 N–H and O–H groups in total. The highest BCUT2D eigenvalue weighted by atomic mass is 35.5. The van der Waals surface area contributed by atoms with E-state index in [0.717, 1.165) is 0 Å². The number of aromatic amines is 1. The van der Waals surface area contributed by atoms with Gasteiger partial charge in [-0.05, 0) is 25.3 Å². The third-order valence-electron chi connectivity index (χ3n) is 3.01. The first-order chi connectivity index (χ1) is 8.06. The molecule has 1 aliphatic carbocycles. The molecule has 1 aromatic rings. The van der Waals surface area contributed by atoms with E-state index < -0.39 is 5.97 Å². The van der Waals surface area contributed by atoms with Crippen molar-refractivity contribution < 1.29 is 14.7 Å². The van der Waals surface area contributed by atoms with Crippen LogP contribution in [0.2, 0.25) is 5.02 Å². The van der Waals surface area contributed by atoms with Gasteiger partial charge in [0.1, 0.15) is 5.69 Å². The zero-order valence-electron chi connectivity index (χ0n) is 9.07. The van der Waals surface area contributed by atoms with Gasteiger partial charge in [-0.15, -0.1) is 0 Å². The summed E-state index contributed by atoms with van der Waals surface area (Å²) in [7, 11) is 0. The molecule has 1 saturated carbocycles. The minimum atomic E-state index is -0.787. The van der Waals surface area contributed by atoms with Gasteiger partial charge < -0.3 is 15.4 Å². The first-order valence-electron chi connectivity index (χ1n) is 5.44. The Hall–Kier alpha value is -1.49. The molecule has 5 nitrogen and oxygen atoms in total. The van der Waals surface area contributed by atoms with E-state index in [4.69, 9.17) is 16.7 Å². The number of aliphatic carboxylic acids is 1. The molecule has 0 aromatic carbocycles. The summed E-state index contributed by atoms with van der Waals surface area (Å²) in [5.74, 6) is -1.37. The first kappa shape index (κ1) is 12.0. The molecule has 1 amide bonds. The average molecular weight is 257 g/mol. The number of amides is 1. The number of carboxylic acids is 1. The van der Waals surface area contributed by atoms with Crippen molar-refractivity contribution in [2.24, 2.45) is 5.92 Å². The predicted octanol–water partition coefficient (Wildman–Crippen LogP) is 1.65. The highest BCUT2D eigenvalue weighted by molar-refractivity contribution is 6.30. The van der Waals surface area contributed by atoms with Crippen molar-refractivity contribution in [2.45, 2.75) is 25.3 Å². The lowest BCUT2D eigenvalue weighted by Crippen LogP contribution is -2.33. The zero-order chi connectivity index (χ0) is 12.4. The van der Waals surface area contributed by atoms with E-state index in [2.05, 4.69) is 10.3 Å². The van der Waals surface area contributed by atoms with Crippen LogP contribution in [0, 0.1) is 5.92 Å². The third kappa shape index (κ3) is 2.79. The van der Waals surface area contributed by atoms with Crippen LogP contribution in [0.15, 0.2) is 12.3 Å². The monoisotopic (exact) mass is 256 g/mol. The van der Waals surface area contributed by atoms with Gasteiger partial charge >= 0.3 is 5.97 Å². The summed E-state index contributed by atoms with van der Waals surface area (Å²) < 4.78 is 0. The summed E-state index contributed by atoms with van der Waals surface area (Å²) in [6, 6.07) is 1.48. The Labute approximate surface area is 103 Å². The maximum Gasteiger partial charge on any atom is 0.306 e. The molecule has 0 radical (unpaired) electrons. The van der Waals surface area contributed by atoms with Crippen LogP contribution in [0.1, 0.15) is 29.8 Å². The Kier molecular flexibility index (Phi) is 3.38. The summed E-state index contributed by atoms with van der Waals surface area (Å²) >= 11 is 5.70. The minimum absolute atomic E-state index is 0.0642. The first-order valence-corrected chi connectivity index (χ1v) is 5.81. The van der Waals surface area contributed by atoms with E-state index in [0.29, 0.717) is 30.0 Å². The van der Waals surface area contributed by atoms with E-state index >= 15 is 0 Å². The van der Waals surface area contributed by atoms with Crippen LogP contribution in [0.25, 0.3) is 0 Å². The van der Waals surface area contributed by atoms with Gasteiger partial charge in [-0.3, -0.25) is 9.59 Å². The number of halogens is 1. The number of carbonyl (C=O) groups excluding carboxylic acids is 1. The molecular weight excluding hydrogens is 244 g/mol. The Bertz CT molecular complexity index is 444. The van der Waals surface area contributed by atoms with Crippen LogP contribution in [0.5, 0.6) is 0 Å². The lowest BCUT2D eigenvalue weighted by molar-refractivity contribution is -0.141. The van der Waals surface area contributed by atoms with Crippen molar-refractivity contribution in [1.82, 2.24) is 10.3 Å². The number of aromatic nitrogens is 1. The minimum Gasteiger partial charge on any atom is -0.481 e. The van der Waals surface area contributed by atoms with Gasteiger partial charge in [-0.2, -0.15) is 0 Å². The zero-order valence-corrected chi connectivity index (χ0v) is 9.83. The molecule has 0 saturated heterocycles. The number of rotatable bonds is 3. The van der Waals surface area contributed by atoms with Gasteiger partial charge in [-0.1, -0.05) is 11.6 Å². The molecule has 1 heterocycles. The number of carboxylic acid groups (broad SMARTS) is 1. The Morgan fingerprint density at radius 1 is 1.47 bits per heavy atom. The van der Waals surface area contributed by atoms with Crippen LogP contribution >= 0.6 is 11.6 Å². The van der Waals surface area contributed by atoms with E-state index in [1.807, 2.05) is 0 Å². The van der Waals surface area contributed by atoms with E-state index in [-0.39, 0.29) is 17.9 Å². The van der Waals surface area contributed by atoms with Crippen LogP contribution in [0.4, 0.5) is 0 Å². The molecule has 1 aliphatic rings. The van der Waals surface area contributed by atoms with E-state index in [1.54, 1.807) is 6.07 Å². The number of H-pyrrole nitrogens is 1. The van der Waals surface area contributed by atoms with E-state index in [1.165, 1.54) is 6.20 Å². The Morgan fingerprint density at radius 3 is 2.76 bits per heavy atom. The average Bonchev–Trinajstić information content (AvgIpc) is 2.86. The van der Waals surface area contributed by atoms with Gasteiger partial charge in [0.2, 0.25) is 0 Å². The molecule has 2 rings (SSSR count). The topological polar surface area (TPSA) is 82.2 Å². The smallest absolute Gasteiger partial charge is 0.306 e. The lowest BCUT2D eigenvalue weighted by Gasteiger charge is -2.11. The van der Waals surface area contributed by atoms with Gasteiger partial charge in [0.15, 0.2) is 0 Å². The van der Waals surface area contributed by atoms with Gasteiger partial charge in [-0.25, -0.2) is 0 Å². The summed E-state index contributed by atoms with van der Waals surface area (Å²) in [6.45, 7) is 0. The maximum atomic E-state index is 11.7. The fourth-order valence-electron chi connectivity index (χ4n) is 2.10. The normalized spacial score (nSPS) is 23.6. The van der Waals surface area contributed by atoms with Crippen molar-refractivity contribution in [3.05, 3.63) is 23.0 Å². The second-order valence-electron chi connectivity index (χ2n) is 4.25. The third-order valence-corrected chi connectivity index (χ3v) is 3.23. The SMILES string of the molecule is O=C(N[C@H]1CC[C@@H](C(=O)O)C1)c1cc(Cl)c[nH]1. The molecule has 0 bridgehead atoms. The highest BCUT2D eigenvalue weighted by Crippen LogP contribution is 2.25. The molecule has 0 aliphatic heterocycles. The highest BCUT2D eigenvalue weighted by Gasteiger charge is 2.30. The quantitative estimate of drug-likeness (QED) is 0.769. The molecule has 0 unspecified atom stereocenters. The largest absolute Gasteiger partial charge is 0.481 e. The Balaban J connectivity index is 1.90. The number of carbonyl (C=O) groups is 2. The number of nitrogens with one attached hydrogen (secondary N) is 2. The van der Waals surface area contributed by atoms with Crippen LogP contribution in [0.3, 0.4) is 0 Å². The van der Waals surface area contributed by atoms with Crippen molar-refractivity contribution in [3.8, 4) is 0 Å². The molecule has 6 heteroatoms. The standard InChI is InChI=1S/C11H13ClN2O3/c12-7-4-9(13-5-7)10(15)14-8-2-1-6(3-8)11(16)17/h4-6,8,13H,1-3H2,(H,14,15)(H,16,17)/t6-,8+/m1/s1. The molecular formula is C11H13ClN2O3. The maximum absolute atomic E-state index is 11.7. The fraction of sp³-hybridized carbons (Fsp3) is 0.455. The number of hydrogen-bond acceptors (Lipinski definition) is 2. The van der Waals surface area contributed by atoms with Gasteiger partial charge in [0.25, 0.3) is 5.91 Å². The second-order valence-corrected chi connectivity index (χ2v) is 4.69. The summed E-state index contributed by atoms with van der Waals surface area (Å²) in [4.78, 5) is 25.3. The number of hydrogen-bond donors (Lipinski definition) is 3. The summed E-state index contributed by atoms with van der Waals surface area (Å²) in [5.41, 5.74) is 0.397. The lowest BCUT2D eigenvalue weighted by atomic mass is 10.1. The van der Waals surface area contributed by atoms with Crippen molar-refractivity contribution in [3.63, 3.8) is 0 Å².